The predicted molar refractivity (Wildman–Crippen MR) is 65.8 cm³/mol. The lowest BCUT2D eigenvalue weighted by atomic mass is 10.1. The van der Waals surface area contributed by atoms with Crippen LogP contribution in [0.5, 0.6) is 0 Å². The average Bonchev–Trinajstić information content (AvgIpc) is 2.33. The van der Waals surface area contributed by atoms with Crippen LogP contribution in [0.2, 0.25) is 0 Å². The lowest BCUT2D eigenvalue weighted by Crippen LogP contribution is -2.28. The summed E-state index contributed by atoms with van der Waals surface area (Å²) in [5.74, 6) is 0. The van der Waals surface area contributed by atoms with E-state index in [9.17, 15) is 0 Å². The highest BCUT2D eigenvalue weighted by Gasteiger charge is 2.11. The van der Waals surface area contributed by atoms with E-state index < -0.39 is 0 Å². The van der Waals surface area contributed by atoms with Gasteiger partial charge in [-0.1, -0.05) is 17.7 Å². The van der Waals surface area contributed by atoms with E-state index in [2.05, 4.69) is 29.0 Å². The first-order valence-electron chi connectivity index (χ1n) is 5.80. The van der Waals surface area contributed by atoms with E-state index in [4.69, 9.17) is 5.73 Å². The van der Waals surface area contributed by atoms with E-state index >= 15 is 0 Å². The van der Waals surface area contributed by atoms with E-state index in [1.54, 1.807) is 0 Å². The molecule has 86 valence electrons. The molecule has 0 spiro atoms. The van der Waals surface area contributed by atoms with Gasteiger partial charge in [0.05, 0.1) is 5.69 Å². The zero-order chi connectivity index (χ0) is 11.4. The van der Waals surface area contributed by atoms with Crippen LogP contribution in [-0.4, -0.2) is 23.0 Å². The van der Waals surface area contributed by atoms with Crippen molar-refractivity contribution in [3.05, 3.63) is 41.2 Å². The van der Waals surface area contributed by atoms with Gasteiger partial charge in [0.25, 0.3) is 0 Å². The van der Waals surface area contributed by atoms with E-state index in [0.717, 1.165) is 25.3 Å². The Hall–Kier alpha value is -1.19. The molecule has 0 saturated carbocycles. The third-order valence-electron chi connectivity index (χ3n) is 3.09. The monoisotopic (exact) mass is 217 g/mol. The summed E-state index contributed by atoms with van der Waals surface area (Å²) in [4.78, 5) is 6.74. The Balaban J connectivity index is 2.04. The summed E-state index contributed by atoms with van der Waals surface area (Å²) in [6.45, 7) is 5.88. The van der Waals surface area contributed by atoms with Gasteiger partial charge in [0, 0.05) is 32.4 Å². The Morgan fingerprint density at radius 1 is 1.50 bits per heavy atom. The molecule has 0 fully saturated rings. The van der Waals surface area contributed by atoms with Crippen LogP contribution in [0.3, 0.4) is 0 Å². The number of hydrogen-bond donors (Lipinski definition) is 1. The standard InChI is InChI=1S/C13H19N3/c1-11-4-7-16(8-5-11)10-12-3-2-6-15-13(12)9-14/h2-4,6H,5,7-10,14H2,1H3. The lowest BCUT2D eigenvalue weighted by Gasteiger charge is -2.25. The van der Waals surface area contributed by atoms with Gasteiger partial charge in [-0.3, -0.25) is 9.88 Å². The van der Waals surface area contributed by atoms with Gasteiger partial charge >= 0.3 is 0 Å². The van der Waals surface area contributed by atoms with Crippen molar-refractivity contribution in [3.8, 4) is 0 Å². The molecule has 1 aliphatic rings. The molecule has 3 heteroatoms. The first-order chi connectivity index (χ1) is 7.79. The molecule has 0 atom stereocenters. The zero-order valence-electron chi connectivity index (χ0n) is 9.82. The van der Waals surface area contributed by atoms with Gasteiger partial charge in [0.15, 0.2) is 0 Å². The fourth-order valence-corrected chi connectivity index (χ4v) is 2.00. The summed E-state index contributed by atoms with van der Waals surface area (Å²) in [6.07, 6.45) is 5.30. The molecule has 1 aromatic rings. The van der Waals surface area contributed by atoms with Crippen LogP contribution in [0.15, 0.2) is 30.0 Å². The van der Waals surface area contributed by atoms with Crippen LogP contribution in [0.1, 0.15) is 24.6 Å². The van der Waals surface area contributed by atoms with Crippen LogP contribution in [0, 0.1) is 0 Å². The maximum atomic E-state index is 5.68. The first-order valence-corrected chi connectivity index (χ1v) is 5.80. The number of pyridine rings is 1. The van der Waals surface area contributed by atoms with Crippen molar-refractivity contribution in [1.82, 2.24) is 9.88 Å². The Morgan fingerprint density at radius 3 is 3.06 bits per heavy atom. The van der Waals surface area contributed by atoms with E-state index in [0.29, 0.717) is 6.54 Å². The molecule has 1 aromatic heterocycles. The quantitative estimate of drug-likeness (QED) is 0.783. The van der Waals surface area contributed by atoms with Crippen molar-refractivity contribution in [3.63, 3.8) is 0 Å². The molecule has 0 aliphatic carbocycles. The van der Waals surface area contributed by atoms with Gasteiger partial charge in [-0.05, 0) is 25.0 Å². The summed E-state index contributed by atoms with van der Waals surface area (Å²) in [5.41, 5.74) is 9.47. The molecule has 0 saturated heterocycles. The van der Waals surface area contributed by atoms with Crippen molar-refractivity contribution < 1.29 is 0 Å². The van der Waals surface area contributed by atoms with Crippen molar-refractivity contribution >= 4 is 0 Å². The second-order valence-corrected chi connectivity index (χ2v) is 4.35. The molecule has 0 unspecified atom stereocenters. The SMILES string of the molecule is CC1=CCN(Cc2cccnc2CN)CC1. The Morgan fingerprint density at radius 2 is 2.38 bits per heavy atom. The largest absolute Gasteiger partial charge is 0.325 e. The highest BCUT2D eigenvalue weighted by molar-refractivity contribution is 5.20. The Labute approximate surface area is 97.0 Å². The topological polar surface area (TPSA) is 42.2 Å². The van der Waals surface area contributed by atoms with Gasteiger partial charge in [0.2, 0.25) is 0 Å². The maximum Gasteiger partial charge on any atom is 0.0584 e. The van der Waals surface area contributed by atoms with Crippen LogP contribution in [-0.2, 0) is 13.1 Å². The summed E-state index contributed by atoms with van der Waals surface area (Å²) in [6, 6.07) is 4.11. The second-order valence-electron chi connectivity index (χ2n) is 4.35. The average molecular weight is 217 g/mol. The molecule has 0 bridgehead atoms. The summed E-state index contributed by atoms with van der Waals surface area (Å²) < 4.78 is 0. The molecule has 0 radical (unpaired) electrons. The molecular weight excluding hydrogens is 198 g/mol. The highest BCUT2D eigenvalue weighted by Crippen LogP contribution is 2.14. The Bertz CT molecular complexity index is 385. The molecule has 16 heavy (non-hydrogen) atoms. The minimum absolute atomic E-state index is 0.527. The van der Waals surface area contributed by atoms with Crippen molar-refractivity contribution in [1.29, 1.82) is 0 Å². The van der Waals surface area contributed by atoms with Crippen molar-refractivity contribution in [2.24, 2.45) is 5.73 Å². The van der Waals surface area contributed by atoms with E-state index in [-0.39, 0.29) is 0 Å². The van der Waals surface area contributed by atoms with Gasteiger partial charge in [0.1, 0.15) is 0 Å². The molecule has 2 N–H and O–H groups in total. The van der Waals surface area contributed by atoms with Crippen molar-refractivity contribution in [2.75, 3.05) is 13.1 Å². The number of aromatic nitrogens is 1. The van der Waals surface area contributed by atoms with Crippen molar-refractivity contribution in [2.45, 2.75) is 26.4 Å². The number of hydrogen-bond acceptors (Lipinski definition) is 3. The van der Waals surface area contributed by atoms with Gasteiger partial charge in [-0.15, -0.1) is 0 Å². The molecule has 2 rings (SSSR count). The van der Waals surface area contributed by atoms with Crippen LogP contribution in [0.25, 0.3) is 0 Å². The number of nitrogens with zero attached hydrogens (tertiary/aromatic N) is 2. The third-order valence-corrected chi connectivity index (χ3v) is 3.09. The molecule has 3 nitrogen and oxygen atoms in total. The highest BCUT2D eigenvalue weighted by atomic mass is 15.1. The summed E-state index contributed by atoms with van der Waals surface area (Å²) in [7, 11) is 0. The summed E-state index contributed by atoms with van der Waals surface area (Å²) in [5, 5.41) is 0. The maximum absolute atomic E-state index is 5.68. The third kappa shape index (κ3) is 2.68. The number of rotatable bonds is 3. The molecule has 1 aliphatic heterocycles. The van der Waals surface area contributed by atoms with Crippen LogP contribution >= 0.6 is 0 Å². The van der Waals surface area contributed by atoms with Gasteiger partial charge in [-0.25, -0.2) is 0 Å². The molecule has 2 heterocycles. The van der Waals surface area contributed by atoms with Crippen LogP contribution in [0.4, 0.5) is 0 Å². The molecular formula is C13H19N3. The Kier molecular flexibility index (Phi) is 3.70. The molecule has 0 amide bonds. The van der Waals surface area contributed by atoms with E-state index in [1.165, 1.54) is 17.6 Å². The number of nitrogens with two attached hydrogens (primary N) is 1. The summed E-state index contributed by atoms with van der Waals surface area (Å²) >= 11 is 0. The second kappa shape index (κ2) is 5.23. The van der Waals surface area contributed by atoms with E-state index in [1.807, 2.05) is 12.3 Å². The fraction of sp³-hybridized carbons (Fsp3) is 0.462. The van der Waals surface area contributed by atoms with Gasteiger partial charge < -0.3 is 5.73 Å². The minimum Gasteiger partial charge on any atom is -0.325 e. The zero-order valence-corrected chi connectivity index (χ0v) is 9.82. The normalized spacial score (nSPS) is 17.2. The molecule has 0 aromatic carbocycles. The minimum atomic E-state index is 0.527. The lowest BCUT2D eigenvalue weighted by molar-refractivity contribution is 0.285. The predicted octanol–water partition coefficient (Wildman–Crippen LogP) is 1.69. The van der Waals surface area contributed by atoms with Gasteiger partial charge in [-0.2, -0.15) is 0 Å². The first kappa shape index (κ1) is 11.3. The van der Waals surface area contributed by atoms with Crippen LogP contribution < -0.4 is 5.73 Å². The fourth-order valence-electron chi connectivity index (χ4n) is 2.00. The smallest absolute Gasteiger partial charge is 0.0584 e.